The summed E-state index contributed by atoms with van der Waals surface area (Å²) in [5.41, 5.74) is 4.57. The highest BCUT2D eigenvalue weighted by molar-refractivity contribution is 5.99. The van der Waals surface area contributed by atoms with Crippen molar-refractivity contribution in [2.75, 3.05) is 26.0 Å². The summed E-state index contributed by atoms with van der Waals surface area (Å²) in [5, 5.41) is 20.2. The van der Waals surface area contributed by atoms with E-state index in [0.29, 0.717) is 43.8 Å². The van der Waals surface area contributed by atoms with E-state index in [1.54, 1.807) is 0 Å². The first kappa shape index (κ1) is 41.2. The van der Waals surface area contributed by atoms with Gasteiger partial charge in [-0.05, 0) is 131 Å². The fourth-order valence-electron chi connectivity index (χ4n) is 8.00. The third-order valence-electron chi connectivity index (χ3n) is 11.4. The van der Waals surface area contributed by atoms with E-state index >= 15 is 0 Å². The van der Waals surface area contributed by atoms with Crippen LogP contribution in [0.1, 0.15) is 78.7 Å². The molecule has 1 heterocycles. The average molecular weight is 790 g/mol. The summed E-state index contributed by atoms with van der Waals surface area (Å²) in [6.07, 6.45) is 0.775. The molecule has 0 spiro atoms. The molecule has 0 radical (unpaired) electrons. The monoisotopic (exact) mass is 789 g/mol. The molecule has 6 N–H and O–H groups in total. The lowest BCUT2D eigenvalue weighted by atomic mass is 9.81. The summed E-state index contributed by atoms with van der Waals surface area (Å²) in [6.45, 7) is 2.27. The van der Waals surface area contributed by atoms with E-state index < -0.39 is 30.0 Å². The molecular weight excluding hydrogens is 740 g/mol. The van der Waals surface area contributed by atoms with Crippen molar-refractivity contribution in [1.29, 1.82) is 0 Å². The number of alkyl halides is 3. The first-order chi connectivity index (χ1) is 27.1. The van der Waals surface area contributed by atoms with Gasteiger partial charge in [-0.15, -0.1) is 0 Å². The fraction of sp³-hybridized carbons (Fsp3) is 0.452. The molecule has 57 heavy (non-hydrogen) atoms. The fourth-order valence-corrected chi connectivity index (χ4v) is 8.00. The van der Waals surface area contributed by atoms with E-state index in [1.165, 1.54) is 18.2 Å². The van der Waals surface area contributed by atoms with E-state index in [4.69, 9.17) is 5.11 Å². The van der Waals surface area contributed by atoms with Crippen LogP contribution in [0.2, 0.25) is 0 Å². The largest absolute Gasteiger partial charge is 0.465 e. The minimum Gasteiger partial charge on any atom is -0.465 e. The lowest BCUT2D eigenvalue weighted by molar-refractivity contribution is -0.144. The lowest BCUT2D eigenvalue weighted by Crippen LogP contribution is -2.48. The summed E-state index contributed by atoms with van der Waals surface area (Å²) in [6, 6.07) is 17.1. The summed E-state index contributed by atoms with van der Waals surface area (Å²) in [7, 11) is 4.18. The van der Waals surface area contributed by atoms with Crippen LogP contribution in [0, 0.1) is 18.8 Å². The molecule has 2 aliphatic rings. The van der Waals surface area contributed by atoms with Crippen molar-refractivity contribution in [1.82, 2.24) is 30.8 Å². The highest BCUT2D eigenvalue weighted by Gasteiger charge is 2.35. The Bertz CT molecular complexity index is 2070. The molecule has 4 amide bonds. The van der Waals surface area contributed by atoms with Crippen molar-refractivity contribution in [3.8, 4) is 11.1 Å². The van der Waals surface area contributed by atoms with Crippen molar-refractivity contribution >= 4 is 40.5 Å². The minimum absolute atomic E-state index is 0.0848. The highest BCUT2D eigenvalue weighted by Crippen LogP contribution is 2.31. The normalized spacial score (nSPS) is 20.5. The molecule has 1 aromatic heterocycles. The molecule has 0 bridgehead atoms. The number of amides is 4. The van der Waals surface area contributed by atoms with E-state index in [9.17, 15) is 32.3 Å². The van der Waals surface area contributed by atoms with Crippen LogP contribution < -0.4 is 21.3 Å². The van der Waals surface area contributed by atoms with Crippen molar-refractivity contribution in [3.05, 3.63) is 83.2 Å². The van der Waals surface area contributed by atoms with Gasteiger partial charge in [-0.3, -0.25) is 14.4 Å². The molecule has 12 nitrogen and oxygen atoms in total. The quantitative estimate of drug-likeness (QED) is 0.0908. The molecule has 0 saturated heterocycles. The van der Waals surface area contributed by atoms with Gasteiger partial charge in [-0.2, -0.15) is 13.2 Å². The second-order valence-corrected chi connectivity index (χ2v) is 15.6. The number of imidazole rings is 1. The van der Waals surface area contributed by atoms with Gasteiger partial charge in [0.1, 0.15) is 6.04 Å². The number of aromatic amines is 1. The van der Waals surface area contributed by atoms with Gasteiger partial charge >= 0.3 is 12.3 Å². The summed E-state index contributed by atoms with van der Waals surface area (Å²) < 4.78 is 39.8. The Kier molecular flexibility index (Phi) is 12.9. The molecule has 0 unspecified atom stereocenters. The van der Waals surface area contributed by atoms with Crippen molar-refractivity contribution in [3.63, 3.8) is 0 Å². The first-order valence-corrected chi connectivity index (χ1v) is 19.4. The lowest BCUT2D eigenvalue weighted by Gasteiger charge is -2.33. The molecule has 2 aliphatic carbocycles. The standard InChI is InChI=1S/C42H50F3N7O5/c1-24-20-29(38(54)47-30-13-16-32(17-14-30)52(2)3)12-18-33(24)27-8-4-25(5-9-27)21-36(49-37(53)28-10-6-26(7-11-28)23-46-41(56)57)39(55)48-31-15-19-34-35(22-31)51-40(50-34)42(43,44)45/h4-5,8-9,12,15,18-20,22,26,28,30,32,36,46H,6-7,10-11,13-14,16-17,21,23H2,1-3H3,(H,47,54)(H,48,55)(H,49,53)(H,50,51)(H,56,57)/t26?,28?,30?,32?,36-/m0/s1. The van der Waals surface area contributed by atoms with Crippen LogP contribution >= 0.6 is 0 Å². The van der Waals surface area contributed by atoms with Gasteiger partial charge in [-0.25, -0.2) is 9.78 Å². The van der Waals surface area contributed by atoms with Crippen LogP contribution in [0.5, 0.6) is 0 Å². The third-order valence-corrected chi connectivity index (χ3v) is 11.4. The van der Waals surface area contributed by atoms with Gasteiger partial charge < -0.3 is 36.3 Å². The molecule has 15 heteroatoms. The van der Waals surface area contributed by atoms with Crippen LogP contribution in [-0.2, 0) is 22.2 Å². The number of aryl methyl sites for hydroxylation is 1. The SMILES string of the molecule is Cc1cc(C(=O)NC2CCC(N(C)C)CC2)ccc1-c1ccc(C[C@H](NC(=O)C2CCC(CNC(=O)O)CC2)C(=O)Nc2ccc3nc(C(F)(F)F)[nH]c3c2)cc1. The Labute approximate surface area is 329 Å². The van der Waals surface area contributed by atoms with Crippen LogP contribution in [0.3, 0.4) is 0 Å². The van der Waals surface area contributed by atoms with Crippen LogP contribution in [0.4, 0.5) is 23.7 Å². The number of aromatic nitrogens is 2. The second-order valence-electron chi connectivity index (χ2n) is 15.6. The Balaban J connectivity index is 1.13. The molecule has 2 saturated carbocycles. The number of nitrogens with zero attached hydrogens (tertiary/aromatic N) is 2. The zero-order chi connectivity index (χ0) is 40.9. The number of hydrogen-bond donors (Lipinski definition) is 6. The smallest absolute Gasteiger partial charge is 0.449 e. The van der Waals surface area contributed by atoms with E-state index in [-0.39, 0.29) is 52.8 Å². The Morgan fingerprint density at radius 3 is 2.25 bits per heavy atom. The highest BCUT2D eigenvalue weighted by atomic mass is 19.4. The minimum atomic E-state index is -4.66. The van der Waals surface area contributed by atoms with E-state index in [2.05, 4.69) is 50.2 Å². The molecule has 0 aliphatic heterocycles. The molecule has 2 fully saturated rings. The van der Waals surface area contributed by atoms with Gasteiger partial charge in [0.15, 0.2) is 0 Å². The third kappa shape index (κ3) is 10.7. The first-order valence-electron chi connectivity index (χ1n) is 19.4. The van der Waals surface area contributed by atoms with Crippen molar-refractivity contribution < 1.29 is 37.5 Å². The molecule has 6 rings (SSSR count). The summed E-state index contributed by atoms with van der Waals surface area (Å²) in [4.78, 5) is 59.5. The van der Waals surface area contributed by atoms with E-state index in [0.717, 1.165) is 47.9 Å². The number of hydrogen-bond acceptors (Lipinski definition) is 6. The van der Waals surface area contributed by atoms with Crippen molar-refractivity contribution in [2.45, 2.75) is 89.0 Å². The number of H-pyrrole nitrogens is 1. The molecular formula is C42H50F3N7O5. The molecule has 1 atom stereocenters. The molecule has 3 aromatic carbocycles. The Morgan fingerprint density at radius 1 is 0.912 bits per heavy atom. The Morgan fingerprint density at radius 2 is 1.61 bits per heavy atom. The molecule has 4 aromatic rings. The zero-order valence-electron chi connectivity index (χ0n) is 32.3. The van der Waals surface area contributed by atoms with Gasteiger partial charge in [0.2, 0.25) is 17.6 Å². The summed E-state index contributed by atoms with van der Waals surface area (Å²) >= 11 is 0. The van der Waals surface area contributed by atoms with Crippen molar-refractivity contribution in [2.24, 2.45) is 11.8 Å². The maximum Gasteiger partial charge on any atom is 0.449 e. The Hall–Kier alpha value is -5.44. The van der Waals surface area contributed by atoms with Gasteiger partial charge in [0.25, 0.3) is 5.91 Å². The topological polar surface area (TPSA) is 169 Å². The van der Waals surface area contributed by atoms with Gasteiger partial charge in [0.05, 0.1) is 11.0 Å². The maximum atomic E-state index is 13.8. The number of anilines is 1. The number of carbonyl (C=O) groups excluding carboxylic acids is 3. The summed E-state index contributed by atoms with van der Waals surface area (Å²) in [5.74, 6) is -2.31. The molecule has 304 valence electrons. The van der Waals surface area contributed by atoms with Gasteiger partial charge in [0, 0.05) is 42.2 Å². The van der Waals surface area contributed by atoms with Gasteiger partial charge in [-0.1, -0.05) is 30.3 Å². The average Bonchev–Trinajstić information content (AvgIpc) is 3.62. The number of benzene rings is 3. The number of carbonyl (C=O) groups is 4. The number of rotatable bonds is 12. The number of fused-ring (bicyclic) bond motifs is 1. The van der Waals surface area contributed by atoms with Crippen LogP contribution in [0.25, 0.3) is 22.2 Å². The van der Waals surface area contributed by atoms with Crippen LogP contribution in [0.15, 0.2) is 60.7 Å². The predicted molar refractivity (Wildman–Crippen MR) is 211 cm³/mol. The number of carboxylic acid groups (broad SMARTS) is 1. The predicted octanol–water partition coefficient (Wildman–Crippen LogP) is 6.90. The zero-order valence-corrected chi connectivity index (χ0v) is 32.3. The second kappa shape index (κ2) is 17.8. The number of nitrogens with one attached hydrogen (secondary N) is 5. The maximum absolute atomic E-state index is 13.8. The number of halogens is 3. The van der Waals surface area contributed by atoms with E-state index in [1.807, 2.05) is 49.4 Å². The van der Waals surface area contributed by atoms with Crippen LogP contribution in [-0.4, -0.2) is 82.6 Å².